The molecule has 2 aromatic carbocycles. The molecule has 3 N–H and O–H groups in total. The van der Waals surface area contributed by atoms with Gasteiger partial charge >= 0.3 is 0 Å². The largest absolute Gasteiger partial charge is 0.390 e. The first kappa shape index (κ1) is 29.8. The van der Waals surface area contributed by atoms with Gasteiger partial charge in [-0.3, -0.25) is 14.5 Å². The lowest BCUT2D eigenvalue weighted by atomic mass is 9.78. The fraction of sp³-hybridized carbons (Fsp3) is 0.469. The molecule has 1 aliphatic carbocycles. The van der Waals surface area contributed by atoms with Crippen molar-refractivity contribution in [3.63, 3.8) is 0 Å². The molecular weight excluding hydrogens is 542 g/mol. The van der Waals surface area contributed by atoms with Crippen molar-refractivity contribution in [3.05, 3.63) is 77.0 Å². The summed E-state index contributed by atoms with van der Waals surface area (Å²) in [4.78, 5) is 29.0. The van der Waals surface area contributed by atoms with Crippen LogP contribution < -0.4 is 10.6 Å². The number of aliphatic hydroxyl groups is 1. The van der Waals surface area contributed by atoms with Gasteiger partial charge in [0, 0.05) is 31.3 Å². The Kier molecular flexibility index (Phi) is 7.98. The molecule has 1 saturated heterocycles. The van der Waals surface area contributed by atoms with Gasteiger partial charge in [0.05, 0.1) is 28.7 Å². The van der Waals surface area contributed by atoms with Gasteiger partial charge in [0.2, 0.25) is 5.91 Å². The Labute approximate surface area is 244 Å². The Hall–Kier alpha value is -3.63. The van der Waals surface area contributed by atoms with Crippen LogP contribution in [-0.2, 0) is 10.3 Å². The van der Waals surface area contributed by atoms with Crippen LogP contribution in [0, 0.1) is 18.6 Å². The fourth-order valence-electron chi connectivity index (χ4n) is 6.06. The molecule has 2 heterocycles. The normalized spacial score (nSPS) is 22.3. The lowest BCUT2D eigenvalue weighted by Gasteiger charge is -2.54. The number of nitrogens with zero attached hydrogens (tertiary/aromatic N) is 2. The second kappa shape index (κ2) is 11.2. The van der Waals surface area contributed by atoms with E-state index in [4.69, 9.17) is 4.52 Å². The molecule has 2 amide bonds. The SMILES string of the molecule is Cc1ccc(C(C)(C)NC(=O)CC2(NC(=O)c3cc(-c4ccc(F)cc4F)on3)CN(C3CCC(C)(O)CC3)C2)cc1. The number of likely N-dealkylation sites (tertiary alicyclic amines) is 1. The summed E-state index contributed by atoms with van der Waals surface area (Å²) < 4.78 is 32.8. The monoisotopic (exact) mass is 580 g/mol. The van der Waals surface area contributed by atoms with Crippen LogP contribution in [0.5, 0.6) is 0 Å². The summed E-state index contributed by atoms with van der Waals surface area (Å²) in [6, 6.07) is 12.6. The van der Waals surface area contributed by atoms with Gasteiger partial charge in [-0.25, -0.2) is 8.78 Å². The molecule has 5 rings (SSSR count). The highest BCUT2D eigenvalue weighted by molar-refractivity contribution is 5.94. The van der Waals surface area contributed by atoms with Crippen LogP contribution in [0.3, 0.4) is 0 Å². The van der Waals surface area contributed by atoms with Crippen molar-refractivity contribution in [2.24, 2.45) is 0 Å². The number of hydrogen-bond acceptors (Lipinski definition) is 6. The second-order valence-corrected chi connectivity index (χ2v) is 12.8. The number of aromatic nitrogens is 1. The summed E-state index contributed by atoms with van der Waals surface area (Å²) in [5.41, 5.74) is -0.145. The van der Waals surface area contributed by atoms with E-state index in [1.54, 1.807) is 0 Å². The van der Waals surface area contributed by atoms with Gasteiger partial charge in [-0.2, -0.15) is 0 Å². The highest BCUT2D eigenvalue weighted by atomic mass is 19.1. The van der Waals surface area contributed by atoms with Gasteiger partial charge < -0.3 is 20.3 Å². The summed E-state index contributed by atoms with van der Waals surface area (Å²) in [7, 11) is 0. The molecule has 3 aromatic rings. The number of nitrogens with one attached hydrogen (secondary N) is 2. The van der Waals surface area contributed by atoms with Crippen LogP contribution in [0.2, 0.25) is 0 Å². The van der Waals surface area contributed by atoms with E-state index in [2.05, 4.69) is 20.7 Å². The van der Waals surface area contributed by atoms with Crippen molar-refractivity contribution in [2.45, 2.75) is 82.5 Å². The standard InChI is InChI=1S/C32H38F2N4O4/c1-20-5-7-21(8-6-20)30(2,3)35-28(39)17-32(18-38(19-32)23-11-13-31(4,41)14-12-23)36-29(40)26-16-27(42-37-26)24-10-9-22(33)15-25(24)34/h5-10,15-16,23,41H,11-14,17-19H2,1-4H3,(H,35,39)(H,36,40). The minimum Gasteiger partial charge on any atom is -0.390 e. The van der Waals surface area contributed by atoms with E-state index in [0.717, 1.165) is 36.1 Å². The van der Waals surface area contributed by atoms with Crippen LogP contribution in [0.1, 0.15) is 74.5 Å². The van der Waals surface area contributed by atoms with Crippen molar-refractivity contribution < 1.29 is 28.0 Å². The number of carbonyl (C=O) groups excluding carboxylic acids is 2. The Bertz CT molecular complexity index is 1450. The summed E-state index contributed by atoms with van der Waals surface area (Å²) in [6.07, 6.45) is 3.10. The molecule has 1 aliphatic heterocycles. The maximum absolute atomic E-state index is 14.3. The van der Waals surface area contributed by atoms with E-state index in [0.29, 0.717) is 25.9 Å². The highest BCUT2D eigenvalue weighted by Gasteiger charge is 2.49. The first-order valence-corrected chi connectivity index (χ1v) is 14.3. The molecule has 224 valence electrons. The second-order valence-electron chi connectivity index (χ2n) is 12.8. The van der Waals surface area contributed by atoms with Gasteiger partial charge in [0.1, 0.15) is 11.6 Å². The van der Waals surface area contributed by atoms with Crippen LogP contribution in [0.4, 0.5) is 8.78 Å². The molecule has 42 heavy (non-hydrogen) atoms. The molecule has 10 heteroatoms. The molecule has 0 spiro atoms. The molecule has 0 radical (unpaired) electrons. The number of benzene rings is 2. The summed E-state index contributed by atoms with van der Waals surface area (Å²) in [5, 5.41) is 20.3. The molecule has 0 bridgehead atoms. The predicted molar refractivity (Wildman–Crippen MR) is 153 cm³/mol. The predicted octanol–water partition coefficient (Wildman–Crippen LogP) is 4.85. The molecule has 0 unspecified atom stereocenters. The first-order chi connectivity index (χ1) is 19.7. The van der Waals surface area contributed by atoms with E-state index < -0.39 is 34.2 Å². The van der Waals surface area contributed by atoms with Gasteiger partial charge in [-0.1, -0.05) is 35.0 Å². The molecule has 1 saturated carbocycles. The van der Waals surface area contributed by atoms with Crippen molar-refractivity contribution in [2.75, 3.05) is 13.1 Å². The minimum atomic E-state index is -0.856. The third-order valence-corrected chi connectivity index (χ3v) is 8.60. The summed E-state index contributed by atoms with van der Waals surface area (Å²) in [6.45, 7) is 8.66. The van der Waals surface area contributed by atoms with E-state index in [9.17, 15) is 23.5 Å². The number of halogens is 2. The van der Waals surface area contributed by atoms with Crippen LogP contribution in [0.25, 0.3) is 11.3 Å². The lowest BCUT2D eigenvalue weighted by molar-refractivity contribution is -0.127. The maximum atomic E-state index is 14.3. The zero-order valence-electron chi connectivity index (χ0n) is 24.5. The summed E-state index contributed by atoms with van der Waals surface area (Å²) >= 11 is 0. The van der Waals surface area contributed by atoms with Gasteiger partial charge in [0.25, 0.3) is 5.91 Å². The zero-order valence-corrected chi connectivity index (χ0v) is 24.5. The highest BCUT2D eigenvalue weighted by Crippen LogP contribution is 2.36. The third-order valence-electron chi connectivity index (χ3n) is 8.60. The first-order valence-electron chi connectivity index (χ1n) is 14.3. The molecule has 2 fully saturated rings. The Morgan fingerprint density at radius 3 is 2.40 bits per heavy atom. The number of rotatable bonds is 8. The van der Waals surface area contributed by atoms with Gasteiger partial charge in [0.15, 0.2) is 11.5 Å². The number of hydrogen-bond donors (Lipinski definition) is 3. The average molecular weight is 581 g/mol. The number of aryl methyl sites for hydroxylation is 1. The van der Waals surface area contributed by atoms with Crippen LogP contribution in [-0.4, -0.2) is 57.2 Å². The van der Waals surface area contributed by atoms with Crippen LogP contribution in [0.15, 0.2) is 53.1 Å². The Morgan fingerprint density at radius 1 is 1.10 bits per heavy atom. The topological polar surface area (TPSA) is 108 Å². The van der Waals surface area contributed by atoms with E-state index in [1.165, 1.54) is 12.1 Å². The van der Waals surface area contributed by atoms with Crippen molar-refractivity contribution in [1.29, 1.82) is 0 Å². The molecule has 0 atom stereocenters. The summed E-state index contributed by atoms with van der Waals surface area (Å²) in [5.74, 6) is -2.32. The number of carbonyl (C=O) groups is 2. The van der Waals surface area contributed by atoms with Crippen molar-refractivity contribution in [3.8, 4) is 11.3 Å². The number of amides is 2. The smallest absolute Gasteiger partial charge is 0.274 e. The van der Waals surface area contributed by atoms with Crippen molar-refractivity contribution in [1.82, 2.24) is 20.7 Å². The Balaban J connectivity index is 1.31. The molecule has 1 aromatic heterocycles. The molecule has 8 nitrogen and oxygen atoms in total. The van der Waals surface area contributed by atoms with Gasteiger partial charge in [-0.05, 0) is 71.1 Å². The molecular formula is C32H38F2N4O4. The average Bonchev–Trinajstić information content (AvgIpc) is 3.37. The van der Waals surface area contributed by atoms with Crippen LogP contribution >= 0.6 is 0 Å². The third kappa shape index (κ3) is 6.55. The van der Waals surface area contributed by atoms with E-state index in [-0.39, 0.29) is 35.4 Å². The quantitative estimate of drug-likeness (QED) is 0.352. The van der Waals surface area contributed by atoms with E-state index >= 15 is 0 Å². The van der Waals surface area contributed by atoms with Crippen molar-refractivity contribution >= 4 is 11.8 Å². The Morgan fingerprint density at radius 2 is 1.76 bits per heavy atom. The maximum Gasteiger partial charge on any atom is 0.274 e. The lowest BCUT2D eigenvalue weighted by Crippen LogP contribution is -2.73. The zero-order chi connectivity index (χ0) is 30.3. The van der Waals surface area contributed by atoms with E-state index in [1.807, 2.05) is 52.0 Å². The fourth-order valence-corrected chi connectivity index (χ4v) is 6.06. The van der Waals surface area contributed by atoms with Gasteiger partial charge in [-0.15, -0.1) is 0 Å². The minimum absolute atomic E-state index is 0.00576. The molecule has 2 aliphatic rings.